The summed E-state index contributed by atoms with van der Waals surface area (Å²) in [4.78, 5) is 0. The van der Waals surface area contributed by atoms with Crippen LogP contribution in [-0.4, -0.2) is 0 Å². The van der Waals surface area contributed by atoms with E-state index in [9.17, 15) is 0 Å². The normalized spacial score (nSPS) is 12.9. The molecule has 0 bridgehead atoms. The van der Waals surface area contributed by atoms with E-state index in [1.165, 1.54) is 6.08 Å². The first-order chi connectivity index (χ1) is 4.54. The van der Waals surface area contributed by atoms with Gasteiger partial charge in [-0.25, -0.2) is 0 Å². The number of nitriles is 1. The number of allylic oxidation sites excluding steroid dienone is 2. The summed E-state index contributed by atoms with van der Waals surface area (Å²) in [5, 5.41) is 8.92. The molecule has 0 aromatic carbocycles. The van der Waals surface area contributed by atoms with E-state index < -0.39 is 0 Å². The van der Waals surface area contributed by atoms with Gasteiger partial charge in [0.05, 0.1) is 6.07 Å². The average Bonchev–Trinajstić information content (AvgIpc) is 1.89. The van der Waals surface area contributed by atoms with Crippen molar-refractivity contribution < 1.29 is 0 Å². The third-order valence-electron chi connectivity index (χ3n) is 1.72. The molecule has 0 amide bonds. The fraction of sp³-hybridized carbons (Fsp3) is 0.625. The van der Waals surface area contributed by atoms with E-state index in [1.54, 1.807) is 0 Å². The molecule has 0 aromatic rings. The topological polar surface area (TPSA) is 23.8 Å². The van der Waals surface area contributed by atoms with Gasteiger partial charge in [-0.15, -0.1) is 0 Å². The molecule has 0 aliphatic rings. The van der Waals surface area contributed by atoms with Gasteiger partial charge in [0.2, 0.25) is 0 Å². The zero-order chi connectivity index (χ0) is 8.20. The van der Waals surface area contributed by atoms with Crippen LogP contribution in [0, 0.1) is 16.7 Å². The Bertz CT molecular complexity index is 174. The zero-order valence-corrected chi connectivity index (χ0v) is 7.37. The molecule has 0 radical (unpaired) electrons. The monoisotopic (exact) mass is 157 g/mol. The minimum atomic E-state index is -0.0444. The Morgan fingerprint density at radius 1 is 1.70 bits per heavy atom. The van der Waals surface area contributed by atoms with E-state index in [0.29, 0.717) is 5.03 Å². The molecule has 1 nitrogen and oxygen atoms in total. The molecule has 0 atom stereocenters. The fourth-order valence-electron chi connectivity index (χ4n) is 0.421. The fourth-order valence-corrected chi connectivity index (χ4v) is 0.603. The van der Waals surface area contributed by atoms with Gasteiger partial charge in [0, 0.05) is 16.5 Å². The van der Waals surface area contributed by atoms with Crippen molar-refractivity contribution in [3.63, 3.8) is 0 Å². The van der Waals surface area contributed by atoms with Crippen molar-refractivity contribution in [2.45, 2.75) is 27.2 Å². The van der Waals surface area contributed by atoms with Crippen LogP contribution >= 0.6 is 11.6 Å². The van der Waals surface area contributed by atoms with Crippen LogP contribution in [0.2, 0.25) is 0 Å². The highest BCUT2D eigenvalue weighted by molar-refractivity contribution is 6.30. The summed E-state index contributed by atoms with van der Waals surface area (Å²) in [5.74, 6) is 0. The molecule has 0 N–H and O–H groups in total. The Kier molecular flexibility index (Phi) is 3.46. The molecule has 0 rings (SSSR count). The lowest BCUT2D eigenvalue weighted by Gasteiger charge is -2.20. The lowest BCUT2D eigenvalue weighted by atomic mass is 9.90. The second-order valence-electron chi connectivity index (χ2n) is 2.86. The molecule has 0 spiro atoms. The summed E-state index contributed by atoms with van der Waals surface area (Å²) in [6.45, 7) is 6.08. The predicted molar refractivity (Wildman–Crippen MR) is 43.6 cm³/mol. The Hall–Kier alpha value is -0.480. The molecule has 0 saturated heterocycles. The van der Waals surface area contributed by atoms with Crippen molar-refractivity contribution in [2.24, 2.45) is 5.41 Å². The minimum absolute atomic E-state index is 0.0444. The van der Waals surface area contributed by atoms with Gasteiger partial charge in [0.15, 0.2) is 0 Å². The van der Waals surface area contributed by atoms with E-state index in [-0.39, 0.29) is 5.41 Å². The molecule has 0 fully saturated rings. The molecule has 0 saturated carbocycles. The van der Waals surface area contributed by atoms with Crippen LogP contribution in [0.25, 0.3) is 0 Å². The van der Waals surface area contributed by atoms with Crippen molar-refractivity contribution in [2.75, 3.05) is 0 Å². The molecule has 56 valence electrons. The van der Waals surface area contributed by atoms with Crippen molar-refractivity contribution in [1.29, 1.82) is 5.26 Å². The van der Waals surface area contributed by atoms with Crippen LogP contribution in [0.4, 0.5) is 0 Å². The van der Waals surface area contributed by atoms with Crippen molar-refractivity contribution in [3.05, 3.63) is 11.1 Å². The SMILES string of the molecule is CCC(C)(C)C(Cl)=CC#N. The lowest BCUT2D eigenvalue weighted by Crippen LogP contribution is -2.09. The van der Waals surface area contributed by atoms with E-state index >= 15 is 0 Å². The van der Waals surface area contributed by atoms with Crippen LogP contribution in [-0.2, 0) is 0 Å². The Morgan fingerprint density at radius 3 is 2.50 bits per heavy atom. The maximum Gasteiger partial charge on any atom is 0.0924 e. The quantitative estimate of drug-likeness (QED) is 0.566. The van der Waals surface area contributed by atoms with Gasteiger partial charge in [0.25, 0.3) is 0 Å². The highest BCUT2D eigenvalue weighted by Crippen LogP contribution is 2.32. The van der Waals surface area contributed by atoms with Crippen molar-refractivity contribution in [3.8, 4) is 6.07 Å². The largest absolute Gasteiger partial charge is 0.193 e. The van der Waals surface area contributed by atoms with E-state index in [2.05, 4.69) is 0 Å². The first kappa shape index (κ1) is 9.52. The van der Waals surface area contributed by atoms with Gasteiger partial charge in [-0.2, -0.15) is 5.26 Å². The number of hydrogen-bond donors (Lipinski definition) is 0. The third-order valence-corrected chi connectivity index (χ3v) is 2.34. The Morgan fingerprint density at radius 2 is 2.20 bits per heavy atom. The van der Waals surface area contributed by atoms with E-state index in [4.69, 9.17) is 16.9 Å². The van der Waals surface area contributed by atoms with Gasteiger partial charge < -0.3 is 0 Å². The zero-order valence-electron chi connectivity index (χ0n) is 6.61. The summed E-state index contributed by atoms with van der Waals surface area (Å²) in [6, 6.07) is 1.91. The molecule has 10 heavy (non-hydrogen) atoms. The van der Waals surface area contributed by atoms with E-state index in [1.807, 2.05) is 26.8 Å². The molecule has 2 heteroatoms. The summed E-state index contributed by atoms with van der Waals surface area (Å²) in [7, 11) is 0. The number of hydrogen-bond acceptors (Lipinski definition) is 1. The molecule has 0 heterocycles. The van der Waals surface area contributed by atoms with Gasteiger partial charge in [-0.1, -0.05) is 32.4 Å². The van der Waals surface area contributed by atoms with Crippen molar-refractivity contribution >= 4 is 11.6 Å². The Labute approximate surface area is 67.3 Å². The second-order valence-corrected chi connectivity index (χ2v) is 3.27. The highest BCUT2D eigenvalue weighted by Gasteiger charge is 2.18. The van der Waals surface area contributed by atoms with Gasteiger partial charge >= 0.3 is 0 Å². The number of rotatable bonds is 2. The van der Waals surface area contributed by atoms with Crippen molar-refractivity contribution in [1.82, 2.24) is 0 Å². The molecule has 0 unspecified atom stereocenters. The maximum atomic E-state index is 8.28. The molecule has 0 aromatic heterocycles. The first-order valence-corrected chi connectivity index (χ1v) is 3.68. The van der Waals surface area contributed by atoms with Gasteiger partial charge in [-0.05, 0) is 6.42 Å². The first-order valence-electron chi connectivity index (χ1n) is 3.30. The average molecular weight is 158 g/mol. The summed E-state index contributed by atoms with van der Waals surface area (Å²) < 4.78 is 0. The molecular weight excluding hydrogens is 146 g/mol. The smallest absolute Gasteiger partial charge is 0.0924 e. The standard InChI is InChI=1S/C8H12ClN/c1-4-8(2,3)7(9)5-6-10/h5H,4H2,1-3H3. The maximum absolute atomic E-state index is 8.28. The number of nitrogens with zero attached hydrogens (tertiary/aromatic N) is 1. The van der Waals surface area contributed by atoms with Crippen LogP contribution < -0.4 is 0 Å². The third kappa shape index (κ3) is 2.41. The lowest BCUT2D eigenvalue weighted by molar-refractivity contribution is 0.451. The van der Waals surface area contributed by atoms with Crippen LogP contribution in [0.3, 0.4) is 0 Å². The molecular formula is C8H12ClN. The minimum Gasteiger partial charge on any atom is -0.193 e. The van der Waals surface area contributed by atoms with Crippen LogP contribution in [0.1, 0.15) is 27.2 Å². The van der Waals surface area contributed by atoms with Crippen LogP contribution in [0.5, 0.6) is 0 Å². The Balaban J connectivity index is 4.35. The predicted octanol–water partition coefficient (Wildman–Crippen LogP) is 3.07. The van der Waals surface area contributed by atoms with Gasteiger partial charge in [-0.3, -0.25) is 0 Å². The number of halogens is 1. The summed E-state index contributed by atoms with van der Waals surface area (Å²) in [6.07, 6.45) is 2.34. The molecule has 0 aliphatic heterocycles. The highest BCUT2D eigenvalue weighted by atomic mass is 35.5. The summed E-state index contributed by atoms with van der Waals surface area (Å²) in [5.41, 5.74) is -0.0444. The van der Waals surface area contributed by atoms with Gasteiger partial charge in [0.1, 0.15) is 0 Å². The van der Waals surface area contributed by atoms with Crippen LogP contribution in [0.15, 0.2) is 11.1 Å². The summed E-state index contributed by atoms with van der Waals surface area (Å²) >= 11 is 5.81. The van der Waals surface area contributed by atoms with E-state index in [0.717, 1.165) is 6.42 Å². The molecule has 0 aliphatic carbocycles. The second kappa shape index (κ2) is 3.63.